The predicted molar refractivity (Wildman–Crippen MR) is 84.6 cm³/mol. The minimum atomic E-state index is -0.0997. The minimum absolute atomic E-state index is 0.0997. The summed E-state index contributed by atoms with van der Waals surface area (Å²) in [6.45, 7) is 5.70. The highest BCUT2D eigenvalue weighted by Crippen LogP contribution is 2.31. The first-order valence-corrected chi connectivity index (χ1v) is 7.55. The fourth-order valence-electron chi connectivity index (χ4n) is 2.59. The molecule has 0 spiro atoms. The van der Waals surface area contributed by atoms with Crippen LogP contribution in [0.2, 0.25) is 5.02 Å². The zero-order chi connectivity index (χ0) is 14.8. The van der Waals surface area contributed by atoms with Gasteiger partial charge in [0.25, 0.3) is 0 Å². The van der Waals surface area contributed by atoms with E-state index in [9.17, 15) is 0 Å². The van der Waals surface area contributed by atoms with Gasteiger partial charge in [-0.25, -0.2) is 0 Å². The van der Waals surface area contributed by atoms with E-state index in [-0.39, 0.29) is 6.04 Å². The molecule has 110 valence electrons. The molecule has 3 aromatic rings. The van der Waals surface area contributed by atoms with Crippen molar-refractivity contribution < 1.29 is 4.42 Å². The van der Waals surface area contributed by atoms with E-state index in [1.54, 1.807) is 6.20 Å². The Bertz CT molecular complexity index is 714. The molecule has 0 bridgehead atoms. The molecule has 1 N–H and O–H groups in total. The summed E-state index contributed by atoms with van der Waals surface area (Å²) < 4.78 is 7.90. The van der Waals surface area contributed by atoms with E-state index in [0.717, 1.165) is 35.5 Å². The zero-order valence-corrected chi connectivity index (χ0v) is 12.9. The van der Waals surface area contributed by atoms with Crippen molar-refractivity contribution in [2.75, 3.05) is 6.54 Å². The number of rotatable bonds is 5. The molecule has 21 heavy (non-hydrogen) atoms. The Labute approximate surface area is 128 Å². The molecule has 1 unspecified atom stereocenters. The third-order valence-electron chi connectivity index (χ3n) is 3.54. The van der Waals surface area contributed by atoms with Gasteiger partial charge in [-0.05, 0) is 25.6 Å². The zero-order valence-electron chi connectivity index (χ0n) is 12.1. The highest BCUT2D eigenvalue weighted by molar-refractivity contribution is 6.31. The molecule has 5 heteroatoms. The van der Waals surface area contributed by atoms with Gasteiger partial charge in [0, 0.05) is 11.9 Å². The average molecular weight is 304 g/mol. The van der Waals surface area contributed by atoms with Crippen LogP contribution in [0.3, 0.4) is 0 Å². The normalized spacial score (nSPS) is 12.9. The second-order valence-electron chi connectivity index (χ2n) is 4.87. The SMILES string of the molecule is CCNC(c1cc2ccccc2o1)c1c(Cl)cnn1CC. The number of hydrogen-bond donors (Lipinski definition) is 1. The predicted octanol–water partition coefficient (Wildman–Crippen LogP) is 4.00. The van der Waals surface area contributed by atoms with Gasteiger partial charge < -0.3 is 9.73 Å². The van der Waals surface area contributed by atoms with Crippen LogP contribution >= 0.6 is 11.6 Å². The third kappa shape index (κ3) is 2.57. The van der Waals surface area contributed by atoms with E-state index in [2.05, 4.69) is 30.3 Å². The lowest BCUT2D eigenvalue weighted by atomic mass is 10.1. The second kappa shape index (κ2) is 5.92. The summed E-state index contributed by atoms with van der Waals surface area (Å²) in [4.78, 5) is 0. The first kappa shape index (κ1) is 14.2. The maximum absolute atomic E-state index is 6.34. The first-order valence-electron chi connectivity index (χ1n) is 7.17. The van der Waals surface area contributed by atoms with Crippen molar-refractivity contribution in [3.8, 4) is 0 Å². The lowest BCUT2D eigenvalue weighted by molar-refractivity contribution is 0.451. The van der Waals surface area contributed by atoms with Gasteiger partial charge in [-0.1, -0.05) is 36.7 Å². The molecule has 1 aromatic carbocycles. The summed E-state index contributed by atoms with van der Waals surface area (Å²) in [6, 6.07) is 9.96. The van der Waals surface area contributed by atoms with Crippen LogP contribution in [0.5, 0.6) is 0 Å². The Morgan fingerprint density at radius 3 is 2.86 bits per heavy atom. The lowest BCUT2D eigenvalue weighted by Gasteiger charge is -2.17. The molecule has 2 heterocycles. The molecular formula is C16H18ClN3O. The minimum Gasteiger partial charge on any atom is -0.459 e. The van der Waals surface area contributed by atoms with Gasteiger partial charge in [0.1, 0.15) is 17.4 Å². The van der Waals surface area contributed by atoms with Crippen LogP contribution in [0, 0.1) is 0 Å². The van der Waals surface area contributed by atoms with Crippen molar-refractivity contribution >= 4 is 22.6 Å². The van der Waals surface area contributed by atoms with Crippen LogP contribution in [-0.2, 0) is 6.54 Å². The van der Waals surface area contributed by atoms with Crippen LogP contribution in [0.15, 0.2) is 40.9 Å². The lowest BCUT2D eigenvalue weighted by Crippen LogP contribution is -2.24. The molecule has 0 amide bonds. The monoisotopic (exact) mass is 303 g/mol. The Morgan fingerprint density at radius 1 is 1.33 bits per heavy atom. The van der Waals surface area contributed by atoms with E-state index in [0.29, 0.717) is 5.02 Å². The summed E-state index contributed by atoms with van der Waals surface area (Å²) in [5, 5.41) is 9.51. The van der Waals surface area contributed by atoms with Crippen LogP contribution in [0.25, 0.3) is 11.0 Å². The third-order valence-corrected chi connectivity index (χ3v) is 3.83. The molecule has 0 aliphatic carbocycles. The van der Waals surface area contributed by atoms with Crippen LogP contribution < -0.4 is 5.32 Å². The molecule has 0 saturated carbocycles. The molecule has 2 aromatic heterocycles. The van der Waals surface area contributed by atoms with Gasteiger partial charge in [-0.15, -0.1) is 0 Å². The number of furan rings is 1. The largest absolute Gasteiger partial charge is 0.459 e. The topological polar surface area (TPSA) is 43.0 Å². The van der Waals surface area contributed by atoms with Crippen LogP contribution in [0.1, 0.15) is 31.3 Å². The number of aromatic nitrogens is 2. The number of fused-ring (bicyclic) bond motifs is 1. The molecule has 4 nitrogen and oxygen atoms in total. The number of nitrogens with one attached hydrogen (secondary N) is 1. The smallest absolute Gasteiger partial charge is 0.134 e. The molecule has 0 radical (unpaired) electrons. The molecule has 0 fully saturated rings. The van der Waals surface area contributed by atoms with E-state index in [1.807, 2.05) is 28.9 Å². The van der Waals surface area contributed by atoms with Gasteiger partial charge in [-0.2, -0.15) is 5.10 Å². The number of halogens is 1. The summed E-state index contributed by atoms with van der Waals surface area (Å²) in [5.41, 5.74) is 1.83. The van der Waals surface area contributed by atoms with E-state index < -0.39 is 0 Å². The Hall–Kier alpha value is -1.78. The highest BCUT2D eigenvalue weighted by Gasteiger charge is 2.24. The fraction of sp³-hybridized carbons (Fsp3) is 0.312. The van der Waals surface area contributed by atoms with E-state index >= 15 is 0 Å². The number of aryl methyl sites for hydroxylation is 1. The molecular weight excluding hydrogens is 286 g/mol. The summed E-state index contributed by atoms with van der Waals surface area (Å²) in [6.07, 6.45) is 1.69. The maximum Gasteiger partial charge on any atom is 0.134 e. The van der Waals surface area contributed by atoms with Crippen molar-refractivity contribution in [2.45, 2.75) is 26.4 Å². The Balaban J connectivity index is 2.10. The standard InChI is InChI=1S/C16H18ClN3O/c1-3-18-15(16-12(17)10-19-20(16)4-2)14-9-11-7-5-6-8-13(11)21-14/h5-10,15,18H,3-4H2,1-2H3. The molecule has 3 rings (SSSR count). The van der Waals surface area contributed by atoms with Crippen molar-refractivity contribution in [1.29, 1.82) is 0 Å². The Kier molecular flexibility index (Phi) is 3.99. The number of nitrogens with zero attached hydrogens (tertiary/aromatic N) is 2. The molecule has 0 aliphatic heterocycles. The summed E-state index contributed by atoms with van der Waals surface area (Å²) in [7, 11) is 0. The molecule has 0 saturated heterocycles. The van der Waals surface area contributed by atoms with Gasteiger partial charge in [0.2, 0.25) is 0 Å². The number of para-hydroxylation sites is 1. The van der Waals surface area contributed by atoms with Crippen LogP contribution in [-0.4, -0.2) is 16.3 Å². The highest BCUT2D eigenvalue weighted by atomic mass is 35.5. The van der Waals surface area contributed by atoms with E-state index in [4.69, 9.17) is 16.0 Å². The van der Waals surface area contributed by atoms with Gasteiger partial charge in [0.05, 0.1) is 16.9 Å². The van der Waals surface area contributed by atoms with Crippen molar-refractivity contribution in [1.82, 2.24) is 15.1 Å². The van der Waals surface area contributed by atoms with E-state index in [1.165, 1.54) is 0 Å². The average Bonchev–Trinajstić information content (AvgIpc) is 3.08. The van der Waals surface area contributed by atoms with Crippen molar-refractivity contribution in [3.05, 3.63) is 53.0 Å². The number of hydrogen-bond acceptors (Lipinski definition) is 3. The molecule has 1 atom stereocenters. The van der Waals surface area contributed by atoms with Crippen molar-refractivity contribution in [3.63, 3.8) is 0 Å². The summed E-state index contributed by atoms with van der Waals surface area (Å²) in [5.74, 6) is 0.857. The summed E-state index contributed by atoms with van der Waals surface area (Å²) >= 11 is 6.34. The maximum atomic E-state index is 6.34. The Morgan fingerprint density at radius 2 is 2.14 bits per heavy atom. The second-order valence-corrected chi connectivity index (χ2v) is 5.28. The fourth-order valence-corrected chi connectivity index (χ4v) is 2.84. The van der Waals surface area contributed by atoms with Gasteiger partial charge >= 0.3 is 0 Å². The van der Waals surface area contributed by atoms with Crippen LogP contribution in [0.4, 0.5) is 0 Å². The molecule has 0 aliphatic rings. The number of benzene rings is 1. The van der Waals surface area contributed by atoms with Gasteiger partial charge in [0.15, 0.2) is 0 Å². The van der Waals surface area contributed by atoms with Crippen molar-refractivity contribution in [2.24, 2.45) is 0 Å². The quantitative estimate of drug-likeness (QED) is 0.774. The first-order chi connectivity index (χ1) is 10.2. The van der Waals surface area contributed by atoms with Gasteiger partial charge in [-0.3, -0.25) is 4.68 Å².